The lowest BCUT2D eigenvalue weighted by Crippen LogP contribution is -2.38. The van der Waals surface area contributed by atoms with E-state index in [4.69, 9.17) is 0 Å². The largest absolute Gasteiger partial charge is 0.336 e. The molecule has 0 saturated carbocycles. The fourth-order valence-electron chi connectivity index (χ4n) is 2.79. The molecule has 7 nitrogen and oxygen atoms in total. The standard InChI is InChI=1S/C14H18N4O3S/c1-4-18-11(19)10-8(2)9(7-17-6-5-15-13(17)20)22-12(10)16(3)14(18)21/h4-7H2,1-3H3,(H,15,20). The molecule has 0 bridgehead atoms. The molecule has 3 heterocycles. The van der Waals surface area contributed by atoms with E-state index in [1.165, 1.54) is 20.5 Å². The van der Waals surface area contributed by atoms with Crippen LogP contribution in [0.1, 0.15) is 17.4 Å². The van der Waals surface area contributed by atoms with Gasteiger partial charge in [-0.15, -0.1) is 11.3 Å². The number of urea groups is 1. The van der Waals surface area contributed by atoms with Crippen molar-refractivity contribution in [2.24, 2.45) is 7.05 Å². The molecule has 0 radical (unpaired) electrons. The number of aromatic nitrogens is 2. The van der Waals surface area contributed by atoms with Gasteiger partial charge in [0, 0.05) is 31.6 Å². The molecule has 3 rings (SSSR count). The molecule has 2 aromatic heterocycles. The highest BCUT2D eigenvalue weighted by molar-refractivity contribution is 7.18. The van der Waals surface area contributed by atoms with Crippen LogP contribution in [-0.2, 0) is 20.1 Å². The molecule has 0 aliphatic carbocycles. The van der Waals surface area contributed by atoms with Crippen LogP contribution < -0.4 is 16.6 Å². The minimum atomic E-state index is -0.299. The summed E-state index contributed by atoms with van der Waals surface area (Å²) >= 11 is 1.41. The molecule has 1 saturated heterocycles. The van der Waals surface area contributed by atoms with Gasteiger partial charge in [-0.3, -0.25) is 13.9 Å². The maximum absolute atomic E-state index is 12.5. The van der Waals surface area contributed by atoms with Crippen molar-refractivity contribution in [1.29, 1.82) is 0 Å². The van der Waals surface area contributed by atoms with Crippen LogP contribution in [-0.4, -0.2) is 33.2 Å². The van der Waals surface area contributed by atoms with Crippen LogP contribution in [0.4, 0.5) is 4.79 Å². The third-order valence-corrected chi connectivity index (χ3v) is 5.46. The Morgan fingerprint density at radius 3 is 2.59 bits per heavy atom. The van der Waals surface area contributed by atoms with E-state index in [-0.39, 0.29) is 17.3 Å². The van der Waals surface area contributed by atoms with Crippen molar-refractivity contribution in [3.63, 3.8) is 0 Å². The van der Waals surface area contributed by atoms with Gasteiger partial charge in [0.2, 0.25) is 0 Å². The van der Waals surface area contributed by atoms with E-state index < -0.39 is 0 Å². The third kappa shape index (κ3) is 2.06. The molecule has 0 atom stereocenters. The molecule has 0 aromatic carbocycles. The first-order chi connectivity index (χ1) is 10.5. The maximum Gasteiger partial charge on any atom is 0.331 e. The van der Waals surface area contributed by atoms with E-state index in [0.717, 1.165) is 10.4 Å². The second-order valence-corrected chi connectivity index (χ2v) is 6.46. The van der Waals surface area contributed by atoms with Crippen LogP contribution in [0.2, 0.25) is 0 Å². The Morgan fingerprint density at radius 1 is 1.27 bits per heavy atom. The number of hydrogen-bond donors (Lipinski definition) is 1. The van der Waals surface area contributed by atoms with E-state index in [0.29, 0.717) is 36.4 Å². The number of nitrogens with one attached hydrogen (secondary N) is 1. The van der Waals surface area contributed by atoms with Crippen molar-refractivity contribution in [1.82, 2.24) is 19.4 Å². The Balaban J connectivity index is 2.19. The minimum absolute atomic E-state index is 0.0864. The summed E-state index contributed by atoms with van der Waals surface area (Å²) in [6.45, 7) is 5.78. The second kappa shape index (κ2) is 5.28. The zero-order chi connectivity index (χ0) is 16.0. The van der Waals surface area contributed by atoms with Crippen molar-refractivity contribution in [3.8, 4) is 0 Å². The maximum atomic E-state index is 12.5. The highest BCUT2D eigenvalue weighted by Gasteiger charge is 2.23. The molecule has 0 unspecified atom stereocenters. The SMILES string of the molecule is CCn1c(=O)c2c(C)c(CN3CCNC3=O)sc2n(C)c1=O. The van der Waals surface area contributed by atoms with Crippen molar-refractivity contribution < 1.29 is 4.79 Å². The van der Waals surface area contributed by atoms with Crippen LogP contribution in [0.5, 0.6) is 0 Å². The van der Waals surface area contributed by atoms with Gasteiger partial charge in [-0.1, -0.05) is 0 Å². The number of fused-ring (bicyclic) bond motifs is 1. The summed E-state index contributed by atoms with van der Waals surface area (Å²) < 4.78 is 2.76. The minimum Gasteiger partial charge on any atom is -0.336 e. The predicted molar refractivity (Wildman–Crippen MR) is 85.5 cm³/mol. The zero-order valence-corrected chi connectivity index (χ0v) is 13.6. The lowest BCUT2D eigenvalue weighted by atomic mass is 10.2. The molecule has 2 amide bonds. The number of carbonyl (C=O) groups is 1. The average molecular weight is 322 g/mol. The van der Waals surface area contributed by atoms with E-state index in [9.17, 15) is 14.4 Å². The Bertz CT molecular complexity index is 877. The van der Waals surface area contributed by atoms with E-state index >= 15 is 0 Å². The fourth-order valence-corrected chi connectivity index (χ4v) is 4.05. The van der Waals surface area contributed by atoms with Crippen molar-refractivity contribution >= 4 is 27.6 Å². The van der Waals surface area contributed by atoms with E-state index in [1.54, 1.807) is 18.9 Å². The Labute approximate surface area is 130 Å². The summed E-state index contributed by atoms with van der Waals surface area (Å²) in [5.74, 6) is 0. The van der Waals surface area contributed by atoms with Crippen LogP contribution in [0.15, 0.2) is 9.59 Å². The summed E-state index contributed by atoms with van der Waals surface area (Å²) in [7, 11) is 1.68. The molecule has 22 heavy (non-hydrogen) atoms. The number of aryl methyl sites for hydroxylation is 2. The van der Waals surface area contributed by atoms with Gasteiger partial charge in [0.05, 0.1) is 11.9 Å². The number of amides is 2. The second-order valence-electron chi connectivity index (χ2n) is 5.37. The zero-order valence-electron chi connectivity index (χ0n) is 12.8. The highest BCUT2D eigenvalue weighted by Crippen LogP contribution is 2.28. The lowest BCUT2D eigenvalue weighted by molar-refractivity contribution is 0.216. The summed E-state index contributed by atoms with van der Waals surface area (Å²) in [6, 6.07) is -0.0864. The number of thiophene rings is 1. The first-order valence-corrected chi connectivity index (χ1v) is 8.02. The average Bonchev–Trinajstić information content (AvgIpc) is 3.03. The highest BCUT2D eigenvalue weighted by atomic mass is 32.1. The van der Waals surface area contributed by atoms with Gasteiger partial charge in [0.1, 0.15) is 4.83 Å². The van der Waals surface area contributed by atoms with Gasteiger partial charge in [-0.2, -0.15) is 0 Å². The summed E-state index contributed by atoms with van der Waals surface area (Å²) in [4.78, 5) is 39.8. The van der Waals surface area contributed by atoms with Crippen LogP contribution >= 0.6 is 11.3 Å². The number of hydrogen-bond acceptors (Lipinski definition) is 4. The summed E-state index contributed by atoms with van der Waals surface area (Å²) in [5.41, 5.74) is 0.320. The molecule has 1 N–H and O–H groups in total. The number of nitrogens with zero attached hydrogens (tertiary/aromatic N) is 3. The molecule has 1 fully saturated rings. The molecule has 2 aromatic rings. The topological polar surface area (TPSA) is 76.3 Å². The van der Waals surface area contributed by atoms with E-state index in [2.05, 4.69) is 5.32 Å². The van der Waals surface area contributed by atoms with Gasteiger partial charge in [0.15, 0.2) is 0 Å². The van der Waals surface area contributed by atoms with Crippen LogP contribution in [0.25, 0.3) is 10.2 Å². The first-order valence-electron chi connectivity index (χ1n) is 7.20. The normalized spacial score (nSPS) is 14.9. The monoisotopic (exact) mass is 322 g/mol. The molecular weight excluding hydrogens is 304 g/mol. The molecule has 8 heteroatoms. The smallest absolute Gasteiger partial charge is 0.331 e. The van der Waals surface area contributed by atoms with E-state index in [1.807, 2.05) is 6.92 Å². The van der Waals surface area contributed by atoms with Crippen molar-refractivity contribution in [2.75, 3.05) is 13.1 Å². The molecule has 0 spiro atoms. The first kappa shape index (κ1) is 14.8. The quantitative estimate of drug-likeness (QED) is 0.900. The third-order valence-electron chi connectivity index (χ3n) is 4.10. The molecular formula is C14H18N4O3S. The molecule has 1 aliphatic rings. The summed E-state index contributed by atoms with van der Waals surface area (Å²) in [5, 5.41) is 3.35. The Kier molecular flexibility index (Phi) is 3.56. The van der Waals surface area contributed by atoms with Crippen molar-refractivity contribution in [3.05, 3.63) is 31.3 Å². The fraction of sp³-hybridized carbons (Fsp3) is 0.500. The molecule has 118 valence electrons. The number of carbonyl (C=O) groups excluding carboxylic acids is 1. The van der Waals surface area contributed by atoms with Gasteiger partial charge >= 0.3 is 11.7 Å². The Hall–Kier alpha value is -2.09. The van der Waals surface area contributed by atoms with Crippen LogP contribution in [0, 0.1) is 6.92 Å². The van der Waals surface area contributed by atoms with Gasteiger partial charge < -0.3 is 10.2 Å². The lowest BCUT2D eigenvalue weighted by Gasteiger charge is -2.12. The summed E-state index contributed by atoms with van der Waals surface area (Å²) in [6.07, 6.45) is 0. The van der Waals surface area contributed by atoms with Crippen LogP contribution in [0.3, 0.4) is 0 Å². The van der Waals surface area contributed by atoms with Gasteiger partial charge in [-0.25, -0.2) is 9.59 Å². The predicted octanol–water partition coefficient (Wildman–Crippen LogP) is 0.615. The van der Waals surface area contributed by atoms with Gasteiger partial charge in [0.25, 0.3) is 5.56 Å². The number of rotatable bonds is 3. The molecule has 1 aliphatic heterocycles. The Morgan fingerprint density at radius 2 is 2.00 bits per heavy atom. The van der Waals surface area contributed by atoms with Gasteiger partial charge in [-0.05, 0) is 19.4 Å². The van der Waals surface area contributed by atoms with Crippen molar-refractivity contribution in [2.45, 2.75) is 26.9 Å².